The monoisotopic (exact) mass is 286 g/mol. The molecule has 0 saturated carbocycles. The smallest absolute Gasteiger partial charge is 0.227 e. The Morgan fingerprint density at radius 2 is 1.86 bits per heavy atom. The van der Waals surface area contributed by atoms with Crippen molar-refractivity contribution in [2.24, 2.45) is 0 Å². The number of aromatic nitrogens is 3. The van der Waals surface area contributed by atoms with Crippen LogP contribution >= 0.6 is 0 Å². The summed E-state index contributed by atoms with van der Waals surface area (Å²) < 4.78 is 5.96. The molecule has 0 aliphatic rings. The van der Waals surface area contributed by atoms with Crippen LogP contribution in [-0.2, 0) is 6.42 Å². The van der Waals surface area contributed by atoms with Gasteiger partial charge in [0, 0.05) is 11.6 Å². The molecule has 0 aromatic carbocycles. The van der Waals surface area contributed by atoms with E-state index in [2.05, 4.69) is 21.9 Å². The summed E-state index contributed by atoms with van der Waals surface area (Å²) in [5.74, 6) is 2.57. The van der Waals surface area contributed by atoms with Crippen molar-refractivity contribution in [1.82, 2.24) is 15.0 Å². The van der Waals surface area contributed by atoms with Gasteiger partial charge >= 0.3 is 0 Å². The molecular formula is C16H22N4O. The molecule has 2 aromatic rings. The molecule has 0 aliphatic heterocycles. The van der Waals surface area contributed by atoms with Gasteiger partial charge in [-0.15, -0.1) is 0 Å². The average molecular weight is 286 g/mol. The highest BCUT2D eigenvalue weighted by Crippen LogP contribution is 2.29. The Hall–Kier alpha value is -2.17. The highest BCUT2D eigenvalue weighted by Gasteiger charge is 2.14. The van der Waals surface area contributed by atoms with E-state index in [-0.39, 0.29) is 5.92 Å². The lowest BCUT2D eigenvalue weighted by atomic mass is 10.2. The van der Waals surface area contributed by atoms with Crippen LogP contribution in [0.3, 0.4) is 0 Å². The summed E-state index contributed by atoms with van der Waals surface area (Å²) in [6.07, 6.45) is 0.799. The number of hydrogen-bond acceptors (Lipinski definition) is 5. The van der Waals surface area contributed by atoms with Crippen molar-refractivity contribution >= 4 is 5.82 Å². The zero-order valence-electron chi connectivity index (χ0n) is 13.3. The van der Waals surface area contributed by atoms with E-state index in [1.165, 1.54) is 0 Å². The second kappa shape index (κ2) is 6.08. The number of anilines is 1. The molecule has 2 heterocycles. The Bertz CT molecular complexity index is 653. The minimum atomic E-state index is 0.192. The molecule has 0 atom stereocenters. The predicted molar refractivity (Wildman–Crippen MR) is 83.7 cm³/mol. The van der Waals surface area contributed by atoms with Crippen molar-refractivity contribution in [3.63, 3.8) is 0 Å². The molecule has 0 bridgehead atoms. The third kappa shape index (κ3) is 3.29. The van der Waals surface area contributed by atoms with Gasteiger partial charge in [-0.05, 0) is 32.4 Å². The molecule has 0 amide bonds. The van der Waals surface area contributed by atoms with Crippen LogP contribution in [0.2, 0.25) is 0 Å². The number of nitrogen functional groups attached to an aromatic ring is 1. The van der Waals surface area contributed by atoms with Gasteiger partial charge in [-0.3, -0.25) is 4.98 Å². The Balaban J connectivity index is 2.44. The predicted octanol–water partition coefficient (Wildman–Crippen LogP) is 3.55. The fourth-order valence-electron chi connectivity index (χ4n) is 1.94. The average Bonchev–Trinajstić information content (AvgIpc) is 2.45. The van der Waals surface area contributed by atoms with Gasteiger partial charge in [0.15, 0.2) is 5.75 Å². The summed E-state index contributed by atoms with van der Waals surface area (Å²) in [4.78, 5) is 13.3. The van der Waals surface area contributed by atoms with E-state index in [0.717, 1.165) is 29.1 Å². The summed E-state index contributed by atoms with van der Waals surface area (Å²) in [5, 5.41) is 0. The number of aryl methyl sites for hydroxylation is 2. The van der Waals surface area contributed by atoms with E-state index in [1.807, 2.05) is 39.8 Å². The van der Waals surface area contributed by atoms with E-state index in [0.29, 0.717) is 17.5 Å². The fraction of sp³-hybridized carbons (Fsp3) is 0.438. The summed E-state index contributed by atoms with van der Waals surface area (Å²) in [7, 11) is 0. The van der Waals surface area contributed by atoms with E-state index in [9.17, 15) is 0 Å². The van der Waals surface area contributed by atoms with Crippen molar-refractivity contribution in [2.45, 2.75) is 47.0 Å². The summed E-state index contributed by atoms with van der Waals surface area (Å²) in [5.41, 5.74) is 8.60. The molecule has 0 saturated heterocycles. The second-order valence-corrected chi connectivity index (χ2v) is 5.40. The quantitative estimate of drug-likeness (QED) is 0.930. The van der Waals surface area contributed by atoms with Gasteiger partial charge in [-0.25, -0.2) is 4.98 Å². The van der Waals surface area contributed by atoms with Crippen molar-refractivity contribution in [1.29, 1.82) is 0 Å². The van der Waals surface area contributed by atoms with Gasteiger partial charge in [-0.2, -0.15) is 4.98 Å². The maximum atomic E-state index is 5.96. The highest BCUT2D eigenvalue weighted by molar-refractivity contribution is 5.46. The van der Waals surface area contributed by atoms with Gasteiger partial charge in [-0.1, -0.05) is 20.8 Å². The van der Waals surface area contributed by atoms with Crippen LogP contribution in [0.25, 0.3) is 0 Å². The van der Waals surface area contributed by atoms with Gasteiger partial charge in [0.1, 0.15) is 11.6 Å². The molecule has 2 aromatic heterocycles. The zero-order chi connectivity index (χ0) is 15.6. The maximum absolute atomic E-state index is 5.96. The van der Waals surface area contributed by atoms with Crippen LogP contribution in [0.5, 0.6) is 11.6 Å². The third-order valence-electron chi connectivity index (χ3n) is 3.29. The largest absolute Gasteiger partial charge is 0.437 e. The van der Waals surface area contributed by atoms with E-state index < -0.39 is 0 Å². The van der Waals surface area contributed by atoms with Gasteiger partial charge in [0.05, 0.1) is 11.3 Å². The molecule has 2 N–H and O–H groups in total. The van der Waals surface area contributed by atoms with Gasteiger partial charge < -0.3 is 10.5 Å². The van der Waals surface area contributed by atoms with Crippen LogP contribution in [-0.4, -0.2) is 15.0 Å². The lowest BCUT2D eigenvalue weighted by Gasteiger charge is -2.14. The van der Waals surface area contributed by atoms with E-state index in [1.54, 1.807) is 0 Å². The minimum Gasteiger partial charge on any atom is -0.437 e. The first-order chi connectivity index (χ1) is 9.92. The molecular weight excluding hydrogens is 264 g/mol. The molecule has 21 heavy (non-hydrogen) atoms. The molecule has 5 nitrogen and oxygen atoms in total. The standard InChI is InChI=1S/C16H22N4O/c1-6-12-13(8-7-10(4)18-12)21-16-11(5)14(17)19-15(20-16)9(2)3/h7-9H,6H2,1-5H3,(H2,17,19,20). The van der Waals surface area contributed by atoms with Gasteiger partial charge in [0.2, 0.25) is 5.88 Å². The molecule has 0 aliphatic carbocycles. The first-order valence-electron chi connectivity index (χ1n) is 7.20. The number of hydrogen-bond donors (Lipinski definition) is 1. The van der Waals surface area contributed by atoms with E-state index in [4.69, 9.17) is 10.5 Å². The Labute approximate surface area is 125 Å². The summed E-state index contributed by atoms with van der Waals surface area (Å²) in [6.45, 7) is 9.93. The molecule has 0 spiro atoms. The molecule has 5 heteroatoms. The summed E-state index contributed by atoms with van der Waals surface area (Å²) in [6, 6.07) is 3.85. The van der Waals surface area contributed by atoms with Crippen LogP contribution in [0.1, 0.15) is 49.5 Å². The number of ether oxygens (including phenoxy) is 1. The van der Waals surface area contributed by atoms with Crippen LogP contribution < -0.4 is 10.5 Å². The van der Waals surface area contributed by atoms with Crippen LogP contribution in [0.4, 0.5) is 5.82 Å². The number of pyridine rings is 1. The molecule has 112 valence electrons. The highest BCUT2D eigenvalue weighted by atomic mass is 16.5. The number of nitrogens with zero attached hydrogens (tertiary/aromatic N) is 3. The first-order valence-corrected chi connectivity index (χ1v) is 7.20. The van der Waals surface area contributed by atoms with Gasteiger partial charge in [0.25, 0.3) is 0 Å². The van der Waals surface area contributed by atoms with Crippen molar-refractivity contribution in [3.8, 4) is 11.6 Å². The topological polar surface area (TPSA) is 73.9 Å². The molecule has 2 rings (SSSR count). The number of rotatable bonds is 4. The van der Waals surface area contributed by atoms with E-state index >= 15 is 0 Å². The zero-order valence-corrected chi connectivity index (χ0v) is 13.3. The SMILES string of the molecule is CCc1nc(C)ccc1Oc1nc(C(C)C)nc(N)c1C. The normalized spacial score (nSPS) is 11.0. The van der Waals surface area contributed by atoms with Crippen LogP contribution in [0.15, 0.2) is 12.1 Å². The van der Waals surface area contributed by atoms with Crippen molar-refractivity contribution in [3.05, 3.63) is 34.9 Å². The fourth-order valence-corrected chi connectivity index (χ4v) is 1.94. The Morgan fingerprint density at radius 3 is 2.48 bits per heavy atom. The maximum Gasteiger partial charge on any atom is 0.227 e. The Kier molecular flexibility index (Phi) is 4.40. The summed E-state index contributed by atoms with van der Waals surface area (Å²) >= 11 is 0. The lowest BCUT2D eigenvalue weighted by Crippen LogP contribution is -2.07. The lowest BCUT2D eigenvalue weighted by molar-refractivity contribution is 0.445. The van der Waals surface area contributed by atoms with Crippen molar-refractivity contribution < 1.29 is 4.74 Å². The molecule has 0 unspecified atom stereocenters. The Morgan fingerprint density at radius 1 is 1.14 bits per heavy atom. The minimum absolute atomic E-state index is 0.192. The molecule has 0 radical (unpaired) electrons. The number of nitrogens with two attached hydrogens (primary N) is 1. The third-order valence-corrected chi connectivity index (χ3v) is 3.29. The molecule has 0 fully saturated rings. The van der Waals surface area contributed by atoms with Crippen molar-refractivity contribution in [2.75, 3.05) is 5.73 Å². The van der Waals surface area contributed by atoms with Crippen LogP contribution in [0, 0.1) is 13.8 Å². The first kappa shape index (κ1) is 15.2. The second-order valence-electron chi connectivity index (χ2n) is 5.40.